The monoisotopic (exact) mass is 303 g/mol. The average Bonchev–Trinajstić information content (AvgIpc) is 2.36. The Morgan fingerprint density at radius 3 is 2.88 bits per heavy atom. The molecule has 3 N–H and O–H groups in total. The zero-order chi connectivity index (χ0) is 12.8. The molecule has 0 aliphatic carbocycles. The number of esters is 1. The molecule has 94 valence electrons. The van der Waals surface area contributed by atoms with E-state index in [1.54, 1.807) is 18.2 Å². The molecule has 0 spiro atoms. The molecule has 0 bridgehead atoms. The van der Waals surface area contributed by atoms with Gasteiger partial charge < -0.3 is 20.3 Å². The number of ether oxygens (including phenoxy) is 1. The molecule has 1 atom stereocenters. The first-order chi connectivity index (χ1) is 8.08. The summed E-state index contributed by atoms with van der Waals surface area (Å²) >= 11 is 3.31. The molecule has 1 aromatic carbocycles. The molecule has 0 saturated carbocycles. The summed E-state index contributed by atoms with van der Waals surface area (Å²) < 4.78 is 5.37. The van der Waals surface area contributed by atoms with Gasteiger partial charge in [0.1, 0.15) is 0 Å². The van der Waals surface area contributed by atoms with Gasteiger partial charge in [0.2, 0.25) is 0 Å². The highest BCUT2D eigenvalue weighted by Crippen LogP contribution is 2.23. The second-order valence-electron chi connectivity index (χ2n) is 3.40. The van der Waals surface area contributed by atoms with Crippen molar-refractivity contribution >= 4 is 27.6 Å². The van der Waals surface area contributed by atoms with Gasteiger partial charge in [-0.05, 0) is 34.1 Å². The van der Waals surface area contributed by atoms with Crippen LogP contribution in [0.3, 0.4) is 0 Å². The second-order valence-corrected chi connectivity index (χ2v) is 4.26. The van der Waals surface area contributed by atoms with Crippen molar-refractivity contribution in [3.63, 3.8) is 0 Å². The fraction of sp³-hybridized carbons (Fsp3) is 0.364. The molecule has 0 saturated heterocycles. The Balaban J connectivity index is 2.80. The van der Waals surface area contributed by atoms with Gasteiger partial charge in [0.15, 0.2) is 0 Å². The minimum atomic E-state index is -0.844. The molecular weight excluding hydrogens is 290 g/mol. The van der Waals surface area contributed by atoms with E-state index >= 15 is 0 Å². The summed E-state index contributed by atoms with van der Waals surface area (Å²) in [6.07, 6.45) is -0.844. The molecule has 0 fully saturated rings. The van der Waals surface area contributed by atoms with Crippen LogP contribution in [0.1, 0.15) is 10.4 Å². The van der Waals surface area contributed by atoms with Gasteiger partial charge in [-0.15, -0.1) is 0 Å². The Hall–Kier alpha value is -1.11. The number of hydrogen-bond acceptors (Lipinski definition) is 5. The summed E-state index contributed by atoms with van der Waals surface area (Å²) in [6, 6.07) is 4.95. The van der Waals surface area contributed by atoms with E-state index < -0.39 is 12.1 Å². The number of carbonyl (C=O) groups is 1. The summed E-state index contributed by atoms with van der Waals surface area (Å²) in [5, 5.41) is 20.8. The summed E-state index contributed by atoms with van der Waals surface area (Å²) in [5.74, 6) is -0.428. The van der Waals surface area contributed by atoms with Crippen LogP contribution in [0.2, 0.25) is 0 Å². The first-order valence-corrected chi connectivity index (χ1v) is 5.78. The number of anilines is 1. The minimum absolute atomic E-state index is 0.194. The lowest BCUT2D eigenvalue weighted by Gasteiger charge is -2.12. The lowest BCUT2D eigenvalue weighted by molar-refractivity contribution is 0.0601. The molecule has 0 aliphatic heterocycles. The topological polar surface area (TPSA) is 78.8 Å². The van der Waals surface area contributed by atoms with E-state index in [0.29, 0.717) is 11.3 Å². The average molecular weight is 304 g/mol. The van der Waals surface area contributed by atoms with Gasteiger partial charge in [0.05, 0.1) is 25.4 Å². The number of hydrogen-bond donors (Lipinski definition) is 3. The van der Waals surface area contributed by atoms with E-state index in [9.17, 15) is 9.90 Å². The van der Waals surface area contributed by atoms with Crippen molar-refractivity contribution in [2.24, 2.45) is 0 Å². The first-order valence-electron chi connectivity index (χ1n) is 4.99. The van der Waals surface area contributed by atoms with Crippen LogP contribution < -0.4 is 5.32 Å². The maximum atomic E-state index is 11.3. The third-order valence-corrected chi connectivity index (χ3v) is 2.82. The van der Waals surface area contributed by atoms with Gasteiger partial charge in [-0.2, -0.15) is 0 Å². The lowest BCUT2D eigenvalue weighted by Crippen LogP contribution is -2.23. The lowest BCUT2D eigenvalue weighted by atomic mass is 10.2. The van der Waals surface area contributed by atoms with Crippen LogP contribution in [0.25, 0.3) is 0 Å². The van der Waals surface area contributed by atoms with Crippen LogP contribution >= 0.6 is 15.9 Å². The SMILES string of the molecule is COC(=O)c1ccc(Br)c(NCC(O)CO)c1. The zero-order valence-corrected chi connectivity index (χ0v) is 10.9. The Labute approximate surface area is 108 Å². The summed E-state index contributed by atoms with van der Waals surface area (Å²) in [5.41, 5.74) is 1.07. The number of methoxy groups -OCH3 is 1. The van der Waals surface area contributed by atoms with Crippen LogP contribution in [0.4, 0.5) is 5.69 Å². The Morgan fingerprint density at radius 1 is 1.59 bits per heavy atom. The Bertz CT molecular complexity index is 397. The molecule has 1 aromatic rings. The highest BCUT2D eigenvalue weighted by Gasteiger charge is 2.09. The third kappa shape index (κ3) is 3.99. The second kappa shape index (κ2) is 6.58. The number of aliphatic hydroxyl groups is 2. The van der Waals surface area contributed by atoms with Crippen LogP contribution in [-0.4, -0.2) is 42.5 Å². The Kier molecular flexibility index (Phi) is 5.40. The van der Waals surface area contributed by atoms with Crippen molar-refractivity contribution < 1.29 is 19.7 Å². The van der Waals surface area contributed by atoms with Gasteiger partial charge in [-0.1, -0.05) is 0 Å². The highest BCUT2D eigenvalue weighted by molar-refractivity contribution is 9.10. The normalized spacial score (nSPS) is 12.0. The standard InChI is InChI=1S/C11H14BrNO4/c1-17-11(16)7-2-3-9(12)10(4-7)13-5-8(15)6-14/h2-4,8,13-15H,5-6H2,1H3. The molecule has 0 heterocycles. The van der Waals surface area contributed by atoms with Crippen molar-refractivity contribution in [3.05, 3.63) is 28.2 Å². The van der Waals surface area contributed by atoms with Crippen molar-refractivity contribution in [2.45, 2.75) is 6.10 Å². The van der Waals surface area contributed by atoms with E-state index in [2.05, 4.69) is 26.0 Å². The molecule has 5 nitrogen and oxygen atoms in total. The van der Waals surface area contributed by atoms with Crippen LogP contribution in [-0.2, 0) is 4.74 Å². The molecule has 6 heteroatoms. The number of rotatable bonds is 5. The van der Waals surface area contributed by atoms with Gasteiger partial charge in [0, 0.05) is 16.7 Å². The van der Waals surface area contributed by atoms with E-state index in [4.69, 9.17) is 5.11 Å². The fourth-order valence-corrected chi connectivity index (χ4v) is 1.58. The van der Waals surface area contributed by atoms with Crippen molar-refractivity contribution in [2.75, 3.05) is 25.6 Å². The largest absolute Gasteiger partial charge is 0.465 e. The molecule has 0 amide bonds. The summed E-state index contributed by atoms with van der Waals surface area (Å²) in [4.78, 5) is 11.3. The first kappa shape index (κ1) is 14.0. The number of nitrogens with one attached hydrogen (secondary N) is 1. The molecule has 0 radical (unpaired) electrons. The summed E-state index contributed by atoms with van der Waals surface area (Å²) in [6.45, 7) is -0.124. The molecule has 1 unspecified atom stereocenters. The smallest absolute Gasteiger partial charge is 0.337 e. The number of benzene rings is 1. The van der Waals surface area contributed by atoms with Crippen molar-refractivity contribution in [1.82, 2.24) is 0 Å². The highest BCUT2D eigenvalue weighted by atomic mass is 79.9. The molecule has 1 rings (SSSR count). The molecule has 17 heavy (non-hydrogen) atoms. The fourth-order valence-electron chi connectivity index (χ4n) is 1.20. The number of aliphatic hydroxyl groups excluding tert-OH is 2. The van der Waals surface area contributed by atoms with E-state index in [-0.39, 0.29) is 13.2 Å². The number of halogens is 1. The maximum Gasteiger partial charge on any atom is 0.337 e. The maximum absolute atomic E-state index is 11.3. The minimum Gasteiger partial charge on any atom is -0.465 e. The van der Waals surface area contributed by atoms with E-state index in [1.165, 1.54) is 7.11 Å². The van der Waals surface area contributed by atoms with E-state index in [1.807, 2.05) is 0 Å². The quantitative estimate of drug-likeness (QED) is 0.707. The summed E-state index contributed by atoms with van der Waals surface area (Å²) in [7, 11) is 1.31. The van der Waals surface area contributed by atoms with Gasteiger partial charge in [0.25, 0.3) is 0 Å². The molecular formula is C11H14BrNO4. The molecule has 0 aromatic heterocycles. The van der Waals surface area contributed by atoms with Gasteiger partial charge in [-0.25, -0.2) is 4.79 Å². The van der Waals surface area contributed by atoms with Crippen LogP contribution in [0.5, 0.6) is 0 Å². The van der Waals surface area contributed by atoms with Crippen molar-refractivity contribution in [1.29, 1.82) is 0 Å². The Morgan fingerprint density at radius 2 is 2.29 bits per heavy atom. The predicted octanol–water partition coefficient (Wildman–Crippen LogP) is 1.00. The van der Waals surface area contributed by atoms with Crippen molar-refractivity contribution in [3.8, 4) is 0 Å². The van der Waals surface area contributed by atoms with Crippen LogP contribution in [0.15, 0.2) is 22.7 Å². The zero-order valence-electron chi connectivity index (χ0n) is 9.31. The predicted molar refractivity (Wildman–Crippen MR) is 67.1 cm³/mol. The van der Waals surface area contributed by atoms with E-state index in [0.717, 1.165) is 4.47 Å². The van der Waals surface area contributed by atoms with Crippen LogP contribution in [0, 0.1) is 0 Å². The number of carbonyl (C=O) groups excluding carboxylic acids is 1. The van der Waals surface area contributed by atoms with Gasteiger partial charge >= 0.3 is 5.97 Å². The van der Waals surface area contributed by atoms with Gasteiger partial charge in [-0.3, -0.25) is 0 Å². The molecule has 0 aliphatic rings. The third-order valence-electron chi connectivity index (χ3n) is 2.13.